The Morgan fingerprint density at radius 2 is 2.18 bits per heavy atom. The van der Waals surface area contributed by atoms with Crippen molar-refractivity contribution in [2.45, 2.75) is 34.6 Å². The average molecular weight is 237 g/mol. The minimum atomic E-state index is -0.737. The van der Waals surface area contributed by atoms with Crippen LogP contribution in [0.25, 0.3) is 0 Å². The first-order valence-electron chi connectivity index (χ1n) is 3.76. The minimum Gasteiger partial charge on any atom is -0.298 e. The largest absolute Gasteiger partial charge is 0.298 e. The normalized spacial score (nSPS) is 49.7. The number of rotatable bonds is 0. The van der Waals surface area contributed by atoms with Crippen molar-refractivity contribution in [3.05, 3.63) is 0 Å². The fourth-order valence-corrected chi connectivity index (χ4v) is 4.86. The van der Waals surface area contributed by atoms with Gasteiger partial charge in [-0.2, -0.15) is 0 Å². The summed E-state index contributed by atoms with van der Waals surface area (Å²) in [6.45, 7) is 0. The third-order valence-electron chi connectivity index (χ3n) is 2.46. The predicted octanol–water partition coefficient (Wildman–Crippen LogP) is 1.00. The van der Waals surface area contributed by atoms with Crippen LogP contribution in [0.1, 0.15) is 19.3 Å². The molecule has 0 aromatic heterocycles. The zero-order valence-corrected chi connectivity index (χ0v) is 8.36. The second kappa shape index (κ2) is 2.66. The molecule has 0 saturated carbocycles. The molecule has 2 nitrogen and oxygen atoms in total. The van der Waals surface area contributed by atoms with Crippen LogP contribution in [0.5, 0.6) is 0 Å². The number of Topliss-reactive ketones (excluding diaryl/α,β-unsaturated/α-hetero) is 1. The van der Waals surface area contributed by atoms with E-state index in [1.165, 1.54) is 0 Å². The van der Waals surface area contributed by atoms with Crippen molar-refractivity contribution < 1.29 is 9.00 Å². The molecule has 0 aromatic carbocycles. The van der Waals surface area contributed by atoms with Crippen LogP contribution in [0.3, 0.4) is 0 Å². The predicted molar refractivity (Wildman–Crippen MR) is 47.3 cm³/mol. The smallest absolute Gasteiger partial charge is 0.148 e. The molecular formula is C7H9BrO2S. The number of halogens is 1. The SMILES string of the molecule is O=C1CC2CCC(C1Br)S2=O. The van der Waals surface area contributed by atoms with Crippen LogP contribution in [-0.2, 0) is 15.6 Å². The van der Waals surface area contributed by atoms with Crippen LogP contribution >= 0.6 is 15.9 Å². The van der Waals surface area contributed by atoms with Crippen LogP contribution in [0.2, 0.25) is 0 Å². The van der Waals surface area contributed by atoms with E-state index in [0.717, 1.165) is 12.8 Å². The lowest BCUT2D eigenvalue weighted by Gasteiger charge is -2.22. The maximum Gasteiger partial charge on any atom is 0.148 e. The Balaban J connectivity index is 2.29. The van der Waals surface area contributed by atoms with Gasteiger partial charge in [-0.1, -0.05) is 15.9 Å². The van der Waals surface area contributed by atoms with E-state index >= 15 is 0 Å². The van der Waals surface area contributed by atoms with Gasteiger partial charge in [0.1, 0.15) is 5.78 Å². The Kier molecular flexibility index (Phi) is 1.92. The minimum absolute atomic E-state index is 0.112. The number of alkyl halides is 1. The maximum atomic E-state index is 11.5. The summed E-state index contributed by atoms with van der Waals surface area (Å²) in [6.07, 6.45) is 2.46. The lowest BCUT2D eigenvalue weighted by molar-refractivity contribution is -0.118. The summed E-state index contributed by atoms with van der Waals surface area (Å²) in [7, 11) is -0.737. The van der Waals surface area contributed by atoms with Crippen molar-refractivity contribution in [1.82, 2.24) is 0 Å². The molecule has 4 unspecified atom stereocenters. The van der Waals surface area contributed by atoms with Gasteiger partial charge in [-0.3, -0.25) is 9.00 Å². The summed E-state index contributed by atoms with van der Waals surface area (Å²) in [5.41, 5.74) is 0. The quantitative estimate of drug-likeness (QED) is 0.589. The highest BCUT2D eigenvalue weighted by molar-refractivity contribution is 9.10. The van der Waals surface area contributed by atoms with Gasteiger partial charge in [-0.15, -0.1) is 0 Å². The molecule has 62 valence electrons. The number of carbonyl (C=O) groups is 1. The van der Waals surface area contributed by atoms with Gasteiger partial charge in [-0.25, -0.2) is 0 Å². The number of fused-ring (bicyclic) bond motifs is 2. The molecule has 11 heavy (non-hydrogen) atoms. The summed E-state index contributed by atoms with van der Waals surface area (Å²) >= 11 is 3.30. The van der Waals surface area contributed by atoms with Gasteiger partial charge in [0.05, 0.1) is 10.1 Å². The Morgan fingerprint density at radius 3 is 2.91 bits per heavy atom. The van der Waals surface area contributed by atoms with Crippen molar-refractivity contribution in [2.24, 2.45) is 0 Å². The lowest BCUT2D eigenvalue weighted by Crippen LogP contribution is -2.38. The molecule has 0 amide bonds. The average Bonchev–Trinajstić information content (AvgIpc) is 2.23. The van der Waals surface area contributed by atoms with E-state index in [1.54, 1.807) is 0 Å². The van der Waals surface area contributed by atoms with E-state index in [4.69, 9.17) is 0 Å². The molecule has 2 fully saturated rings. The van der Waals surface area contributed by atoms with E-state index in [-0.39, 0.29) is 21.1 Å². The molecule has 2 bridgehead atoms. The highest BCUT2D eigenvalue weighted by Gasteiger charge is 2.45. The highest BCUT2D eigenvalue weighted by atomic mass is 79.9. The Hall–Kier alpha value is 0.300. The van der Waals surface area contributed by atoms with E-state index < -0.39 is 10.8 Å². The van der Waals surface area contributed by atoms with Crippen LogP contribution in [0, 0.1) is 0 Å². The summed E-state index contributed by atoms with van der Waals surface area (Å²) in [5.74, 6) is 0.247. The number of hydrogen-bond donors (Lipinski definition) is 0. The molecule has 0 N–H and O–H groups in total. The summed E-state index contributed by atoms with van der Waals surface area (Å²) in [6, 6.07) is 0. The number of hydrogen-bond acceptors (Lipinski definition) is 2. The van der Waals surface area contributed by atoms with Gasteiger partial charge in [0.15, 0.2) is 0 Å². The van der Waals surface area contributed by atoms with Crippen LogP contribution in [0.15, 0.2) is 0 Å². The second-order valence-corrected chi connectivity index (χ2v) is 6.05. The van der Waals surface area contributed by atoms with Crippen molar-refractivity contribution in [1.29, 1.82) is 0 Å². The standard InChI is InChI=1S/C7H9BrO2S/c8-7-5(9)3-4-1-2-6(7)11(4)10/h4,6-7H,1-3H2. The van der Waals surface area contributed by atoms with Crippen molar-refractivity contribution >= 4 is 32.5 Å². The number of carbonyl (C=O) groups excluding carboxylic acids is 1. The number of ketones is 1. The van der Waals surface area contributed by atoms with Gasteiger partial charge in [0, 0.05) is 22.5 Å². The molecule has 0 spiro atoms. The fraction of sp³-hybridized carbons (Fsp3) is 0.857. The molecule has 2 rings (SSSR count). The maximum absolute atomic E-state index is 11.5. The zero-order chi connectivity index (χ0) is 8.01. The summed E-state index contributed by atoms with van der Waals surface area (Å²) < 4.78 is 11.5. The lowest BCUT2D eigenvalue weighted by atomic mass is 10.2. The Labute approximate surface area is 76.3 Å². The van der Waals surface area contributed by atoms with Crippen LogP contribution < -0.4 is 0 Å². The molecule has 0 radical (unpaired) electrons. The Bertz CT molecular complexity index is 228. The molecule has 2 saturated heterocycles. The zero-order valence-electron chi connectivity index (χ0n) is 5.96. The first-order valence-corrected chi connectivity index (χ1v) is 5.95. The molecule has 0 aromatic rings. The first-order chi connectivity index (χ1) is 5.20. The van der Waals surface area contributed by atoms with Gasteiger partial charge >= 0.3 is 0 Å². The molecule has 2 aliphatic heterocycles. The molecule has 4 atom stereocenters. The Morgan fingerprint density at radius 1 is 1.45 bits per heavy atom. The van der Waals surface area contributed by atoms with Crippen LogP contribution in [-0.4, -0.2) is 25.3 Å². The second-order valence-electron chi connectivity index (χ2n) is 3.14. The highest BCUT2D eigenvalue weighted by Crippen LogP contribution is 2.36. The molecule has 4 heteroatoms. The van der Waals surface area contributed by atoms with Gasteiger partial charge in [0.2, 0.25) is 0 Å². The van der Waals surface area contributed by atoms with Gasteiger partial charge in [0.25, 0.3) is 0 Å². The topological polar surface area (TPSA) is 34.1 Å². The molecule has 2 aliphatic rings. The van der Waals surface area contributed by atoms with E-state index in [1.807, 2.05) is 0 Å². The van der Waals surface area contributed by atoms with Crippen molar-refractivity contribution in [2.75, 3.05) is 0 Å². The third kappa shape index (κ3) is 1.11. The molecular weight excluding hydrogens is 228 g/mol. The van der Waals surface area contributed by atoms with Gasteiger partial charge < -0.3 is 0 Å². The summed E-state index contributed by atoms with van der Waals surface area (Å²) in [4.78, 5) is 11.1. The molecule has 2 heterocycles. The molecule has 0 aliphatic carbocycles. The van der Waals surface area contributed by atoms with Crippen molar-refractivity contribution in [3.63, 3.8) is 0 Å². The monoisotopic (exact) mass is 236 g/mol. The van der Waals surface area contributed by atoms with E-state index in [0.29, 0.717) is 6.42 Å². The van der Waals surface area contributed by atoms with Gasteiger partial charge in [-0.05, 0) is 12.8 Å². The van der Waals surface area contributed by atoms with E-state index in [2.05, 4.69) is 15.9 Å². The first kappa shape index (κ1) is 7.92. The summed E-state index contributed by atoms with van der Waals surface area (Å²) in [5, 5.41) is 0.294. The van der Waals surface area contributed by atoms with Crippen molar-refractivity contribution in [3.8, 4) is 0 Å². The fourth-order valence-electron chi connectivity index (χ4n) is 1.82. The third-order valence-corrected chi connectivity index (χ3v) is 6.13. The van der Waals surface area contributed by atoms with Crippen LogP contribution in [0.4, 0.5) is 0 Å². The van der Waals surface area contributed by atoms with E-state index in [9.17, 15) is 9.00 Å².